The maximum Gasteiger partial charge on any atom is 0.276 e. The Bertz CT molecular complexity index is 545. The van der Waals surface area contributed by atoms with Crippen molar-refractivity contribution in [3.8, 4) is 5.75 Å². The van der Waals surface area contributed by atoms with E-state index in [-0.39, 0.29) is 24.2 Å². The SMILES string of the molecule is O=C(COc1ccccc1F)NNC(=O)C1CC=CCC1. The number of para-hydroxylation sites is 1. The molecule has 5 nitrogen and oxygen atoms in total. The number of hydrogen-bond donors (Lipinski definition) is 2. The molecule has 1 aromatic carbocycles. The maximum absolute atomic E-state index is 13.3. The molecule has 2 N–H and O–H groups in total. The Morgan fingerprint density at radius 1 is 1.24 bits per heavy atom. The van der Waals surface area contributed by atoms with Crippen LogP contribution in [0.25, 0.3) is 0 Å². The molecule has 0 spiro atoms. The number of ether oxygens (including phenoxy) is 1. The number of nitrogens with one attached hydrogen (secondary N) is 2. The highest BCUT2D eigenvalue weighted by atomic mass is 19.1. The van der Waals surface area contributed by atoms with Crippen LogP contribution in [0.1, 0.15) is 19.3 Å². The van der Waals surface area contributed by atoms with Crippen LogP contribution in [0, 0.1) is 11.7 Å². The lowest BCUT2D eigenvalue weighted by molar-refractivity contribution is -0.132. The van der Waals surface area contributed by atoms with Gasteiger partial charge >= 0.3 is 0 Å². The number of rotatable bonds is 4. The van der Waals surface area contributed by atoms with Crippen LogP contribution in [-0.4, -0.2) is 18.4 Å². The van der Waals surface area contributed by atoms with Gasteiger partial charge in [0.2, 0.25) is 5.91 Å². The Labute approximate surface area is 122 Å². The van der Waals surface area contributed by atoms with E-state index in [1.807, 2.05) is 12.2 Å². The Morgan fingerprint density at radius 2 is 2.05 bits per heavy atom. The summed E-state index contributed by atoms with van der Waals surface area (Å²) in [5.41, 5.74) is 4.62. The number of hydrazine groups is 1. The van der Waals surface area contributed by atoms with Crippen LogP contribution in [0.4, 0.5) is 4.39 Å². The summed E-state index contributed by atoms with van der Waals surface area (Å²) in [7, 11) is 0. The molecule has 2 amide bonds. The molecule has 21 heavy (non-hydrogen) atoms. The molecule has 1 aliphatic carbocycles. The fraction of sp³-hybridized carbons (Fsp3) is 0.333. The molecule has 0 aliphatic heterocycles. The third-order valence-corrected chi connectivity index (χ3v) is 3.16. The molecule has 0 saturated heterocycles. The molecular weight excluding hydrogens is 275 g/mol. The van der Waals surface area contributed by atoms with Gasteiger partial charge in [0.15, 0.2) is 18.2 Å². The zero-order chi connectivity index (χ0) is 15.1. The number of hydrogen-bond acceptors (Lipinski definition) is 3. The number of amides is 2. The van der Waals surface area contributed by atoms with Crippen LogP contribution in [0.3, 0.4) is 0 Å². The minimum absolute atomic E-state index is 0.00334. The van der Waals surface area contributed by atoms with Gasteiger partial charge in [0.25, 0.3) is 5.91 Å². The van der Waals surface area contributed by atoms with E-state index in [9.17, 15) is 14.0 Å². The summed E-state index contributed by atoms with van der Waals surface area (Å²) >= 11 is 0. The summed E-state index contributed by atoms with van der Waals surface area (Å²) in [5.74, 6) is -1.43. The molecular formula is C15H17FN2O3. The van der Waals surface area contributed by atoms with Crippen molar-refractivity contribution >= 4 is 11.8 Å². The van der Waals surface area contributed by atoms with Crippen molar-refractivity contribution < 1.29 is 18.7 Å². The van der Waals surface area contributed by atoms with Gasteiger partial charge in [-0.25, -0.2) is 4.39 Å². The number of halogens is 1. The fourth-order valence-electron chi connectivity index (χ4n) is 2.01. The van der Waals surface area contributed by atoms with Crippen LogP contribution in [-0.2, 0) is 9.59 Å². The molecule has 1 atom stereocenters. The van der Waals surface area contributed by atoms with Gasteiger partial charge < -0.3 is 4.74 Å². The van der Waals surface area contributed by atoms with E-state index in [0.717, 1.165) is 12.8 Å². The monoisotopic (exact) mass is 292 g/mol. The fourth-order valence-corrected chi connectivity index (χ4v) is 2.01. The van der Waals surface area contributed by atoms with E-state index in [0.29, 0.717) is 6.42 Å². The summed E-state index contributed by atoms with van der Waals surface area (Å²) < 4.78 is 18.3. The first-order valence-corrected chi connectivity index (χ1v) is 6.78. The zero-order valence-corrected chi connectivity index (χ0v) is 11.5. The Hall–Kier alpha value is -2.37. The highest BCUT2D eigenvalue weighted by Crippen LogP contribution is 2.17. The van der Waals surface area contributed by atoms with Crippen LogP contribution in [0.5, 0.6) is 5.75 Å². The first kappa shape index (κ1) is 15.0. The van der Waals surface area contributed by atoms with Gasteiger partial charge in [0.05, 0.1) is 0 Å². The molecule has 0 radical (unpaired) electrons. The second-order valence-corrected chi connectivity index (χ2v) is 4.74. The van der Waals surface area contributed by atoms with E-state index < -0.39 is 11.7 Å². The first-order chi connectivity index (χ1) is 10.2. The highest BCUT2D eigenvalue weighted by molar-refractivity contribution is 5.84. The van der Waals surface area contributed by atoms with Crippen molar-refractivity contribution in [2.45, 2.75) is 19.3 Å². The van der Waals surface area contributed by atoms with Gasteiger partial charge in [-0.2, -0.15) is 0 Å². The number of benzene rings is 1. The van der Waals surface area contributed by atoms with Crippen molar-refractivity contribution in [3.05, 3.63) is 42.2 Å². The summed E-state index contributed by atoms with van der Waals surface area (Å²) in [4.78, 5) is 23.3. The standard InChI is InChI=1S/C15H17FN2O3/c16-12-8-4-5-9-13(12)21-10-14(19)17-18-15(20)11-6-2-1-3-7-11/h1-2,4-5,8-9,11H,3,6-7,10H2,(H,17,19)(H,18,20). The van der Waals surface area contributed by atoms with Gasteiger partial charge in [0, 0.05) is 5.92 Å². The van der Waals surface area contributed by atoms with Gasteiger partial charge in [-0.1, -0.05) is 24.3 Å². The van der Waals surface area contributed by atoms with Crippen LogP contribution < -0.4 is 15.6 Å². The van der Waals surface area contributed by atoms with Crippen molar-refractivity contribution in [1.82, 2.24) is 10.9 Å². The summed E-state index contributed by atoms with van der Waals surface area (Å²) in [6, 6.07) is 5.80. The van der Waals surface area contributed by atoms with Gasteiger partial charge in [-0.05, 0) is 31.4 Å². The van der Waals surface area contributed by atoms with Crippen LogP contribution in [0.2, 0.25) is 0 Å². The number of carbonyl (C=O) groups excluding carboxylic acids is 2. The average Bonchev–Trinajstić information content (AvgIpc) is 2.52. The lowest BCUT2D eigenvalue weighted by Crippen LogP contribution is -2.46. The molecule has 112 valence electrons. The number of carbonyl (C=O) groups is 2. The molecule has 0 heterocycles. The normalized spacial score (nSPS) is 17.1. The molecule has 2 rings (SSSR count). The second-order valence-electron chi connectivity index (χ2n) is 4.74. The third-order valence-electron chi connectivity index (χ3n) is 3.16. The second kappa shape index (κ2) is 7.42. The predicted molar refractivity (Wildman–Crippen MR) is 74.7 cm³/mol. The lowest BCUT2D eigenvalue weighted by Gasteiger charge is -2.17. The molecule has 1 aliphatic rings. The molecule has 6 heteroatoms. The molecule has 0 fully saturated rings. The Morgan fingerprint density at radius 3 is 2.76 bits per heavy atom. The zero-order valence-electron chi connectivity index (χ0n) is 11.5. The predicted octanol–water partition coefficient (Wildman–Crippen LogP) is 1.71. The van der Waals surface area contributed by atoms with E-state index in [2.05, 4.69) is 10.9 Å². The minimum Gasteiger partial charge on any atom is -0.481 e. The Balaban J connectivity index is 1.71. The molecule has 1 unspecified atom stereocenters. The van der Waals surface area contributed by atoms with E-state index in [1.165, 1.54) is 18.2 Å². The lowest BCUT2D eigenvalue weighted by atomic mass is 9.94. The van der Waals surface area contributed by atoms with Gasteiger partial charge in [-0.3, -0.25) is 20.4 Å². The van der Waals surface area contributed by atoms with Crippen molar-refractivity contribution in [1.29, 1.82) is 0 Å². The summed E-state index contributed by atoms with van der Waals surface area (Å²) in [6.45, 7) is -0.369. The average molecular weight is 292 g/mol. The molecule has 1 aromatic rings. The first-order valence-electron chi connectivity index (χ1n) is 6.78. The van der Waals surface area contributed by atoms with Crippen LogP contribution >= 0.6 is 0 Å². The van der Waals surface area contributed by atoms with E-state index in [4.69, 9.17) is 4.74 Å². The summed E-state index contributed by atoms with van der Waals surface area (Å²) in [6.07, 6.45) is 6.29. The Kier molecular flexibility index (Phi) is 5.31. The van der Waals surface area contributed by atoms with Crippen molar-refractivity contribution in [3.63, 3.8) is 0 Å². The third kappa shape index (κ3) is 4.59. The largest absolute Gasteiger partial charge is 0.481 e. The van der Waals surface area contributed by atoms with E-state index >= 15 is 0 Å². The van der Waals surface area contributed by atoms with Gasteiger partial charge in [0.1, 0.15) is 0 Å². The quantitative estimate of drug-likeness (QED) is 0.656. The summed E-state index contributed by atoms with van der Waals surface area (Å²) in [5, 5.41) is 0. The van der Waals surface area contributed by atoms with Crippen LogP contribution in [0.15, 0.2) is 36.4 Å². The smallest absolute Gasteiger partial charge is 0.276 e. The van der Waals surface area contributed by atoms with E-state index in [1.54, 1.807) is 6.07 Å². The van der Waals surface area contributed by atoms with Crippen molar-refractivity contribution in [2.24, 2.45) is 5.92 Å². The maximum atomic E-state index is 13.3. The topological polar surface area (TPSA) is 67.4 Å². The van der Waals surface area contributed by atoms with Crippen molar-refractivity contribution in [2.75, 3.05) is 6.61 Å². The molecule has 0 bridgehead atoms. The number of allylic oxidation sites excluding steroid dienone is 2. The molecule has 0 saturated carbocycles. The molecule has 0 aromatic heterocycles. The van der Waals surface area contributed by atoms with Gasteiger partial charge in [-0.15, -0.1) is 0 Å². The minimum atomic E-state index is -0.544. The highest BCUT2D eigenvalue weighted by Gasteiger charge is 2.19.